The molecule has 0 saturated carbocycles. The lowest BCUT2D eigenvalue weighted by atomic mass is 10.0. The summed E-state index contributed by atoms with van der Waals surface area (Å²) < 4.78 is 4.83. The molecule has 0 spiro atoms. The van der Waals surface area contributed by atoms with Crippen LogP contribution < -0.4 is 0 Å². The van der Waals surface area contributed by atoms with Crippen molar-refractivity contribution in [2.45, 2.75) is 6.42 Å². The van der Waals surface area contributed by atoms with E-state index in [2.05, 4.69) is 135 Å². The minimum absolute atomic E-state index is 0.868. The van der Waals surface area contributed by atoms with Crippen LogP contribution in [0.5, 0.6) is 0 Å². The normalized spacial score (nSPS) is 12.9. The molecule has 2 aromatic heterocycles. The molecule has 0 amide bonds. The lowest BCUT2D eigenvalue weighted by molar-refractivity contribution is 1.14. The second kappa shape index (κ2) is 7.68. The number of fused-ring (bicyclic) bond motifs is 9. The molecule has 3 nitrogen and oxygen atoms in total. The van der Waals surface area contributed by atoms with E-state index in [0.29, 0.717) is 0 Å². The zero-order valence-electron chi connectivity index (χ0n) is 21.2. The summed E-state index contributed by atoms with van der Waals surface area (Å²) >= 11 is 0. The molecule has 0 bridgehead atoms. The maximum Gasteiger partial charge on any atom is 0.0682 e. The van der Waals surface area contributed by atoms with Gasteiger partial charge < -0.3 is 9.13 Å². The topological polar surface area (TPSA) is 22.2 Å². The third-order valence-corrected chi connectivity index (χ3v) is 8.35. The van der Waals surface area contributed by atoms with Gasteiger partial charge in [-0.2, -0.15) is 0 Å². The quantitative estimate of drug-likeness (QED) is 0.227. The molecule has 0 saturated heterocycles. The monoisotopic (exact) mass is 497 g/mol. The van der Waals surface area contributed by atoms with Gasteiger partial charge in [-0.25, -0.2) is 0 Å². The summed E-state index contributed by atoms with van der Waals surface area (Å²) in [7, 11) is 0. The molecule has 0 atom stereocenters. The van der Waals surface area contributed by atoms with Crippen LogP contribution in [-0.4, -0.2) is 15.3 Å². The molecular formula is C36H23N3. The number of rotatable bonds is 2. The fraction of sp³-hybridized carbons (Fsp3) is 0.0278. The number of aromatic nitrogens is 2. The van der Waals surface area contributed by atoms with Crippen LogP contribution in [0.3, 0.4) is 0 Å². The summed E-state index contributed by atoms with van der Waals surface area (Å²) in [5.41, 5.74) is 9.69. The van der Waals surface area contributed by atoms with Crippen LogP contribution in [-0.2, 0) is 6.42 Å². The van der Waals surface area contributed by atoms with E-state index in [4.69, 9.17) is 0 Å². The van der Waals surface area contributed by atoms with Crippen molar-refractivity contribution in [1.29, 1.82) is 0 Å². The van der Waals surface area contributed by atoms with Crippen molar-refractivity contribution in [3.8, 4) is 11.4 Å². The maximum atomic E-state index is 4.63. The first-order valence-electron chi connectivity index (χ1n) is 13.5. The summed E-state index contributed by atoms with van der Waals surface area (Å²) in [6.45, 7) is 0. The van der Waals surface area contributed by atoms with Gasteiger partial charge in [0.05, 0.1) is 33.4 Å². The van der Waals surface area contributed by atoms with Crippen LogP contribution in [0, 0.1) is 0 Å². The second-order valence-corrected chi connectivity index (χ2v) is 10.4. The Balaban J connectivity index is 1.44. The third kappa shape index (κ3) is 2.79. The Morgan fingerprint density at radius 2 is 1.28 bits per heavy atom. The largest absolute Gasteiger partial charge is 0.309 e. The Hall–Kier alpha value is -5.15. The van der Waals surface area contributed by atoms with Gasteiger partial charge in [0.2, 0.25) is 0 Å². The number of hydrogen-bond acceptors (Lipinski definition) is 1. The summed E-state index contributed by atoms with van der Waals surface area (Å²) in [6, 6.07) is 44.1. The lowest BCUT2D eigenvalue weighted by Crippen LogP contribution is -1.98. The highest BCUT2D eigenvalue weighted by molar-refractivity contribution is 6.25. The van der Waals surface area contributed by atoms with Gasteiger partial charge in [0.1, 0.15) is 0 Å². The van der Waals surface area contributed by atoms with Crippen LogP contribution in [0.25, 0.3) is 65.8 Å². The number of benzene rings is 6. The smallest absolute Gasteiger partial charge is 0.0682 e. The first-order chi connectivity index (χ1) is 19.4. The van der Waals surface area contributed by atoms with Gasteiger partial charge in [0.15, 0.2) is 0 Å². The van der Waals surface area contributed by atoms with Gasteiger partial charge in [0, 0.05) is 45.4 Å². The second-order valence-electron chi connectivity index (χ2n) is 10.4. The van der Waals surface area contributed by atoms with Gasteiger partial charge in [-0.1, -0.05) is 66.7 Å². The Labute approximate surface area is 224 Å². The predicted octanol–water partition coefficient (Wildman–Crippen LogP) is 9.29. The van der Waals surface area contributed by atoms with E-state index in [-0.39, 0.29) is 0 Å². The average molecular weight is 498 g/mol. The molecule has 0 fully saturated rings. The average Bonchev–Trinajstić information content (AvgIpc) is 3.69. The van der Waals surface area contributed by atoms with Crippen molar-refractivity contribution in [1.82, 2.24) is 9.13 Å². The fourth-order valence-corrected chi connectivity index (χ4v) is 6.71. The molecule has 0 radical (unpaired) electrons. The third-order valence-electron chi connectivity index (χ3n) is 8.35. The summed E-state index contributed by atoms with van der Waals surface area (Å²) in [6.07, 6.45) is 2.89. The van der Waals surface area contributed by atoms with Gasteiger partial charge in [-0.15, -0.1) is 0 Å². The Kier molecular flexibility index (Phi) is 4.11. The first-order valence-corrected chi connectivity index (χ1v) is 13.5. The highest BCUT2D eigenvalue weighted by Gasteiger charge is 2.20. The van der Waals surface area contributed by atoms with E-state index in [1.54, 1.807) is 0 Å². The SMILES string of the molecule is C1=Nc2cccc(-n3c4ccccc4c4cc5c(ccc6c5c5ccccc5n6-c5ccccc5)cc43)c2C1. The van der Waals surface area contributed by atoms with Crippen LogP contribution in [0.4, 0.5) is 5.69 Å². The van der Waals surface area contributed by atoms with Crippen LogP contribution in [0.1, 0.15) is 5.56 Å². The fourth-order valence-electron chi connectivity index (χ4n) is 6.71. The molecule has 1 aliphatic heterocycles. The Morgan fingerprint density at radius 3 is 2.15 bits per heavy atom. The van der Waals surface area contributed by atoms with E-state index in [0.717, 1.165) is 12.1 Å². The zero-order valence-corrected chi connectivity index (χ0v) is 21.2. The Morgan fingerprint density at radius 1 is 0.513 bits per heavy atom. The van der Waals surface area contributed by atoms with Crippen molar-refractivity contribution in [2.75, 3.05) is 0 Å². The molecule has 0 unspecified atom stereocenters. The van der Waals surface area contributed by atoms with Crippen molar-refractivity contribution in [2.24, 2.45) is 4.99 Å². The van der Waals surface area contributed by atoms with Gasteiger partial charge in [-0.3, -0.25) is 4.99 Å². The molecule has 6 aromatic carbocycles. The van der Waals surface area contributed by atoms with Crippen LogP contribution in [0.2, 0.25) is 0 Å². The number of para-hydroxylation sites is 3. The molecule has 9 rings (SSSR count). The minimum Gasteiger partial charge on any atom is -0.309 e. The molecule has 0 N–H and O–H groups in total. The van der Waals surface area contributed by atoms with E-state index in [9.17, 15) is 0 Å². The van der Waals surface area contributed by atoms with Crippen molar-refractivity contribution >= 4 is 66.3 Å². The highest BCUT2D eigenvalue weighted by Crippen LogP contribution is 2.42. The molecule has 1 aliphatic rings. The standard InChI is InChI=1S/C36H23N3/c1-2-9-24(10-3-1)38-33-15-7-5-12-27(33)36-28-22-29-25-11-4-6-14-31(25)39(35(29)21-23(28)17-18-34(36)38)32-16-8-13-30-26(32)19-20-37-30/h1-18,20-22H,19H2. The van der Waals surface area contributed by atoms with Crippen molar-refractivity contribution in [3.63, 3.8) is 0 Å². The zero-order chi connectivity index (χ0) is 25.5. The van der Waals surface area contributed by atoms with Crippen LogP contribution >= 0.6 is 0 Å². The molecular weight excluding hydrogens is 474 g/mol. The summed E-state index contributed by atoms with van der Waals surface area (Å²) in [4.78, 5) is 4.63. The Bertz CT molecular complexity index is 2300. The lowest BCUT2D eigenvalue weighted by Gasteiger charge is -2.13. The van der Waals surface area contributed by atoms with E-state index in [1.165, 1.54) is 71.3 Å². The summed E-state index contributed by atoms with van der Waals surface area (Å²) in [5.74, 6) is 0. The van der Waals surface area contributed by atoms with E-state index < -0.39 is 0 Å². The van der Waals surface area contributed by atoms with Gasteiger partial charge >= 0.3 is 0 Å². The minimum atomic E-state index is 0.868. The predicted molar refractivity (Wildman–Crippen MR) is 164 cm³/mol. The molecule has 39 heavy (non-hydrogen) atoms. The molecule has 182 valence electrons. The number of aliphatic imine (C=N–C) groups is 1. The molecule has 3 heteroatoms. The van der Waals surface area contributed by atoms with Crippen molar-refractivity contribution < 1.29 is 0 Å². The van der Waals surface area contributed by atoms with Gasteiger partial charge in [-0.05, 0) is 65.4 Å². The molecule has 0 aliphatic carbocycles. The van der Waals surface area contributed by atoms with E-state index in [1.807, 2.05) is 6.21 Å². The van der Waals surface area contributed by atoms with E-state index >= 15 is 0 Å². The number of nitrogens with zero attached hydrogens (tertiary/aromatic N) is 3. The maximum absolute atomic E-state index is 4.63. The highest BCUT2D eigenvalue weighted by atomic mass is 15.0. The first kappa shape index (κ1) is 20.9. The van der Waals surface area contributed by atoms with Crippen LogP contribution in [0.15, 0.2) is 126 Å². The summed E-state index contributed by atoms with van der Waals surface area (Å²) in [5, 5.41) is 7.67. The van der Waals surface area contributed by atoms with Gasteiger partial charge in [0.25, 0.3) is 0 Å². The number of hydrogen-bond donors (Lipinski definition) is 0. The molecule has 8 aromatic rings. The van der Waals surface area contributed by atoms with Crippen molar-refractivity contribution in [3.05, 3.63) is 127 Å². The molecule has 3 heterocycles.